The lowest BCUT2D eigenvalue weighted by Crippen LogP contribution is -2.45. The second-order valence-corrected chi connectivity index (χ2v) is 6.68. The van der Waals surface area contributed by atoms with Crippen molar-refractivity contribution >= 4 is 27.7 Å². The van der Waals surface area contributed by atoms with Gasteiger partial charge < -0.3 is 10.6 Å². The van der Waals surface area contributed by atoms with Crippen LogP contribution in [0.1, 0.15) is 32.3 Å². The average Bonchev–Trinajstić information content (AvgIpc) is 2.83. The number of hydrogen-bond acceptors (Lipinski definition) is 2. The summed E-state index contributed by atoms with van der Waals surface area (Å²) in [6, 6.07) is 7.72. The Morgan fingerprint density at radius 2 is 2.05 bits per heavy atom. The van der Waals surface area contributed by atoms with E-state index >= 15 is 0 Å². The Hall–Kier alpha value is -1.36. The van der Waals surface area contributed by atoms with E-state index in [0.717, 1.165) is 10.0 Å². The number of carbonyl (C=O) groups is 2. The van der Waals surface area contributed by atoms with E-state index in [9.17, 15) is 9.59 Å². The number of nitrogens with one attached hydrogen (secondary N) is 2. The molecule has 2 rings (SSSR count). The Kier molecular flexibility index (Phi) is 4.48. The molecule has 0 aliphatic carbocycles. The number of carbonyl (C=O) groups excluding carboxylic acids is 2. The van der Waals surface area contributed by atoms with Gasteiger partial charge in [0, 0.05) is 22.9 Å². The van der Waals surface area contributed by atoms with E-state index < -0.39 is 0 Å². The molecule has 5 heteroatoms. The molecule has 2 N–H and O–H groups in total. The van der Waals surface area contributed by atoms with Gasteiger partial charge in [0.05, 0.1) is 0 Å². The van der Waals surface area contributed by atoms with Gasteiger partial charge in [0.1, 0.15) is 6.04 Å². The van der Waals surface area contributed by atoms with Crippen molar-refractivity contribution in [3.05, 3.63) is 34.3 Å². The minimum absolute atomic E-state index is 0.0441. The van der Waals surface area contributed by atoms with E-state index in [1.165, 1.54) is 0 Å². The second kappa shape index (κ2) is 5.95. The first-order chi connectivity index (χ1) is 9.38. The minimum Gasteiger partial charge on any atom is -0.353 e. The smallest absolute Gasteiger partial charge is 0.242 e. The van der Waals surface area contributed by atoms with Crippen LogP contribution in [0.25, 0.3) is 0 Å². The second-order valence-electron chi connectivity index (χ2n) is 5.77. The van der Waals surface area contributed by atoms with Crippen molar-refractivity contribution in [2.45, 2.75) is 38.1 Å². The van der Waals surface area contributed by atoms with Crippen LogP contribution in [0.3, 0.4) is 0 Å². The van der Waals surface area contributed by atoms with Gasteiger partial charge in [-0.3, -0.25) is 9.59 Å². The van der Waals surface area contributed by atoms with E-state index in [1.54, 1.807) is 0 Å². The Bertz CT molecular complexity index is 511. The van der Waals surface area contributed by atoms with Gasteiger partial charge in [-0.25, -0.2) is 0 Å². The van der Waals surface area contributed by atoms with Crippen molar-refractivity contribution in [2.24, 2.45) is 0 Å². The van der Waals surface area contributed by atoms with Crippen LogP contribution >= 0.6 is 15.9 Å². The summed E-state index contributed by atoms with van der Waals surface area (Å²) < 4.78 is 1.04. The fourth-order valence-electron chi connectivity index (χ4n) is 2.25. The SMILES string of the molecule is CC(C)(CNC(=O)[C@@H]1CCC(=O)N1)c1ccc(Br)cc1. The Morgan fingerprint density at radius 1 is 1.40 bits per heavy atom. The van der Waals surface area contributed by atoms with Crippen LogP contribution in [0.4, 0.5) is 0 Å². The van der Waals surface area contributed by atoms with Crippen LogP contribution in [0.2, 0.25) is 0 Å². The molecule has 1 aromatic carbocycles. The molecule has 0 bridgehead atoms. The van der Waals surface area contributed by atoms with Crippen LogP contribution in [0.5, 0.6) is 0 Å². The van der Waals surface area contributed by atoms with Crippen molar-refractivity contribution < 1.29 is 9.59 Å². The fraction of sp³-hybridized carbons (Fsp3) is 0.467. The van der Waals surface area contributed by atoms with E-state index in [0.29, 0.717) is 19.4 Å². The number of rotatable bonds is 4. The van der Waals surface area contributed by atoms with Crippen LogP contribution in [0, 0.1) is 0 Å². The molecule has 0 radical (unpaired) electrons. The number of halogens is 1. The van der Waals surface area contributed by atoms with Gasteiger partial charge in [0.15, 0.2) is 0 Å². The molecule has 1 aliphatic heterocycles. The summed E-state index contributed by atoms with van der Waals surface area (Å²) in [6.45, 7) is 4.72. The fourth-order valence-corrected chi connectivity index (χ4v) is 2.51. The van der Waals surface area contributed by atoms with Crippen molar-refractivity contribution in [3.8, 4) is 0 Å². The summed E-state index contributed by atoms with van der Waals surface area (Å²) in [6.07, 6.45) is 1.03. The predicted octanol–water partition coefficient (Wildman–Crippen LogP) is 2.12. The third kappa shape index (κ3) is 3.60. The molecular weight excluding hydrogens is 320 g/mol. The van der Waals surface area contributed by atoms with Gasteiger partial charge in [-0.15, -0.1) is 0 Å². The van der Waals surface area contributed by atoms with E-state index in [1.807, 2.05) is 24.3 Å². The third-order valence-corrected chi connectivity index (χ3v) is 4.17. The molecule has 1 aromatic rings. The monoisotopic (exact) mass is 338 g/mol. The van der Waals surface area contributed by atoms with Crippen molar-refractivity contribution in [3.63, 3.8) is 0 Å². The number of benzene rings is 1. The first kappa shape index (κ1) is 15.0. The lowest BCUT2D eigenvalue weighted by Gasteiger charge is -2.26. The minimum atomic E-state index is -0.372. The molecule has 0 aromatic heterocycles. The standard InChI is InChI=1S/C15H19BrN2O2/c1-15(2,10-3-5-11(16)6-4-10)9-17-14(20)12-7-8-13(19)18-12/h3-6,12H,7-9H2,1-2H3,(H,17,20)(H,18,19)/t12-/m0/s1. The van der Waals surface area contributed by atoms with E-state index in [-0.39, 0.29) is 23.3 Å². The summed E-state index contributed by atoms with van der Waals surface area (Å²) in [5.41, 5.74) is 1.01. The molecule has 0 spiro atoms. The highest BCUT2D eigenvalue weighted by atomic mass is 79.9. The molecule has 0 unspecified atom stereocenters. The summed E-state index contributed by atoms with van der Waals surface area (Å²) in [5.74, 6) is -0.140. The topological polar surface area (TPSA) is 58.2 Å². The molecule has 2 amide bonds. The maximum Gasteiger partial charge on any atom is 0.242 e. The van der Waals surface area contributed by atoms with Crippen molar-refractivity contribution in [1.82, 2.24) is 10.6 Å². The number of amides is 2. The van der Waals surface area contributed by atoms with E-state index in [2.05, 4.69) is 40.4 Å². The summed E-state index contributed by atoms with van der Waals surface area (Å²) >= 11 is 3.41. The largest absolute Gasteiger partial charge is 0.353 e. The average molecular weight is 339 g/mol. The molecule has 1 heterocycles. The molecule has 1 saturated heterocycles. The Balaban J connectivity index is 1.93. The van der Waals surface area contributed by atoms with E-state index in [4.69, 9.17) is 0 Å². The van der Waals surface area contributed by atoms with Gasteiger partial charge in [-0.05, 0) is 24.1 Å². The van der Waals surface area contributed by atoms with Crippen molar-refractivity contribution in [1.29, 1.82) is 0 Å². The first-order valence-electron chi connectivity index (χ1n) is 6.71. The van der Waals surface area contributed by atoms with Crippen LogP contribution < -0.4 is 10.6 Å². The maximum absolute atomic E-state index is 12.0. The van der Waals surface area contributed by atoms with Gasteiger partial charge in [0.25, 0.3) is 0 Å². The highest BCUT2D eigenvalue weighted by molar-refractivity contribution is 9.10. The zero-order valence-electron chi connectivity index (χ0n) is 11.7. The molecule has 0 saturated carbocycles. The normalized spacial score (nSPS) is 18.8. The predicted molar refractivity (Wildman–Crippen MR) is 81.3 cm³/mol. The molecule has 1 aliphatic rings. The maximum atomic E-state index is 12.0. The van der Waals surface area contributed by atoms with Crippen LogP contribution in [-0.2, 0) is 15.0 Å². The third-order valence-electron chi connectivity index (χ3n) is 3.64. The van der Waals surface area contributed by atoms with Gasteiger partial charge in [-0.1, -0.05) is 41.9 Å². The first-order valence-corrected chi connectivity index (χ1v) is 7.51. The molecule has 20 heavy (non-hydrogen) atoms. The zero-order chi connectivity index (χ0) is 14.8. The van der Waals surface area contributed by atoms with Gasteiger partial charge in [-0.2, -0.15) is 0 Å². The van der Waals surface area contributed by atoms with Crippen LogP contribution in [-0.4, -0.2) is 24.4 Å². The Morgan fingerprint density at radius 3 is 2.60 bits per heavy atom. The molecular formula is C15H19BrN2O2. The zero-order valence-corrected chi connectivity index (χ0v) is 13.3. The molecule has 4 nitrogen and oxygen atoms in total. The summed E-state index contributed by atoms with van der Waals surface area (Å²) in [7, 11) is 0. The highest BCUT2D eigenvalue weighted by Crippen LogP contribution is 2.24. The lowest BCUT2D eigenvalue weighted by atomic mass is 9.84. The summed E-state index contributed by atoms with van der Waals surface area (Å²) in [5, 5.41) is 5.61. The lowest BCUT2D eigenvalue weighted by molar-refractivity contribution is -0.125. The van der Waals surface area contributed by atoms with Gasteiger partial charge >= 0.3 is 0 Å². The quantitative estimate of drug-likeness (QED) is 0.883. The number of hydrogen-bond donors (Lipinski definition) is 2. The van der Waals surface area contributed by atoms with Crippen LogP contribution in [0.15, 0.2) is 28.7 Å². The molecule has 1 fully saturated rings. The highest BCUT2D eigenvalue weighted by Gasteiger charge is 2.29. The molecule has 108 valence electrons. The van der Waals surface area contributed by atoms with Crippen molar-refractivity contribution in [2.75, 3.05) is 6.54 Å². The van der Waals surface area contributed by atoms with Gasteiger partial charge in [0.2, 0.25) is 11.8 Å². The summed E-state index contributed by atoms with van der Waals surface area (Å²) in [4.78, 5) is 23.1. The molecule has 1 atom stereocenters. The Labute approximate surface area is 127 Å².